The van der Waals surface area contributed by atoms with Gasteiger partial charge in [-0.3, -0.25) is 0 Å². The molecule has 0 fully saturated rings. The van der Waals surface area contributed by atoms with Crippen LogP contribution >= 0.6 is 27.3 Å². The first-order valence-corrected chi connectivity index (χ1v) is 7.81. The van der Waals surface area contributed by atoms with Crippen molar-refractivity contribution < 1.29 is 4.74 Å². The van der Waals surface area contributed by atoms with Gasteiger partial charge in [0.1, 0.15) is 5.75 Å². The van der Waals surface area contributed by atoms with Crippen LogP contribution in [0.3, 0.4) is 0 Å². The van der Waals surface area contributed by atoms with E-state index in [0.29, 0.717) is 6.04 Å². The van der Waals surface area contributed by atoms with Gasteiger partial charge in [0, 0.05) is 20.3 Å². The van der Waals surface area contributed by atoms with E-state index in [1.54, 1.807) is 7.11 Å². The zero-order valence-electron chi connectivity index (χ0n) is 11.4. The first kappa shape index (κ1) is 14.6. The molecule has 0 spiro atoms. The lowest BCUT2D eigenvalue weighted by atomic mass is 10.0. The molecule has 0 aliphatic heterocycles. The number of benzene rings is 1. The van der Waals surface area contributed by atoms with Gasteiger partial charge in [0.15, 0.2) is 0 Å². The topological polar surface area (TPSA) is 21.3 Å². The quantitative estimate of drug-likeness (QED) is 0.875. The summed E-state index contributed by atoms with van der Waals surface area (Å²) in [5.74, 6) is 0.954. The molecule has 0 amide bonds. The van der Waals surface area contributed by atoms with Crippen LogP contribution in [0.15, 0.2) is 34.8 Å². The lowest BCUT2D eigenvalue weighted by Crippen LogP contribution is -2.18. The highest BCUT2D eigenvalue weighted by atomic mass is 79.9. The maximum Gasteiger partial charge on any atom is 0.122 e. The molecular formula is C15H18BrNOS. The second-order valence-electron chi connectivity index (χ2n) is 4.41. The molecule has 1 N–H and O–H groups in total. The molecule has 102 valence electrons. The van der Waals surface area contributed by atoms with Gasteiger partial charge < -0.3 is 10.1 Å². The zero-order chi connectivity index (χ0) is 13.8. The maximum atomic E-state index is 5.42. The Morgan fingerprint density at radius 2 is 2.11 bits per heavy atom. The summed E-state index contributed by atoms with van der Waals surface area (Å²) in [4.78, 5) is 2.66. The highest BCUT2D eigenvalue weighted by Crippen LogP contribution is 2.33. The molecule has 2 rings (SSSR count). The smallest absolute Gasteiger partial charge is 0.122 e. The average molecular weight is 340 g/mol. The summed E-state index contributed by atoms with van der Waals surface area (Å²) >= 11 is 5.41. The van der Waals surface area contributed by atoms with Crippen LogP contribution in [0.4, 0.5) is 0 Å². The van der Waals surface area contributed by atoms with Gasteiger partial charge in [-0.1, -0.05) is 18.2 Å². The standard InChI is InChI=1S/C15H18BrNOS/c1-10-12(16)9-15(19-10)13(17-2)8-11-6-4-5-7-14(11)18-3/h4-7,9,13,17H,8H2,1-3H3. The van der Waals surface area contributed by atoms with Crippen molar-refractivity contribution in [3.63, 3.8) is 0 Å². The van der Waals surface area contributed by atoms with E-state index >= 15 is 0 Å². The second kappa shape index (κ2) is 6.55. The number of hydrogen-bond acceptors (Lipinski definition) is 3. The first-order chi connectivity index (χ1) is 9.15. The fourth-order valence-electron chi connectivity index (χ4n) is 2.09. The Balaban J connectivity index is 2.23. The van der Waals surface area contributed by atoms with Crippen LogP contribution in [-0.2, 0) is 6.42 Å². The van der Waals surface area contributed by atoms with E-state index in [0.717, 1.165) is 12.2 Å². The maximum absolute atomic E-state index is 5.42. The third-order valence-electron chi connectivity index (χ3n) is 3.18. The van der Waals surface area contributed by atoms with Crippen LogP contribution in [0.5, 0.6) is 5.75 Å². The lowest BCUT2D eigenvalue weighted by molar-refractivity contribution is 0.406. The van der Waals surface area contributed by atoms with Gasteiger partial charge in [0.25, 0.3) is 0 Å². The molecule has 1 unspecified atom stereocenters. The molecule has 1 aromatic carbocycles. The third-order valence-corrected chi connectivity index (χ3v) is 5.44. The molecule has 1 atom stereocenters. The Hall–Kier alpha value is -0.840. The second-order valence-corrected chi connectivity index (χ2v) is 6.55. The minimum Gasteiger partial charge on any atom is -0.496 e. The van der Waals surface area contributed by atoms with Gasteiger partial charge in [-0.2, -0.15) is 0 Å². The number of aryl methyl sites for hydroxylation is 1. The van der Waals surface area contributed by atoms with Crippen molar-refractivity contribution in [2.75, 3.05) is 14.2 Å². The summed E-state index contributed by atoms with van der Waals surface area (Å²) in [7, 11) is 3.72. The van der Waals surface area contributed by atoms with E-state index < -0.39 is 0 Å². The molecule has 0 aliphatic carbocycles. The van der Waals surface area contributed by atoms with Crippen LogP contribution < -0.4 is 10.1 Å². The number of rotatable bonds is 5. The Kier molecular flexibility index (Phi) is 5.02. The summed E-state index contributed by atoms with van der Waals surface area (Å²) < 4.78 is 6.61. The fraction of sp³-hybridized carbons (Fsp3) is 0.333. The third kappa shape index (κ3) is 3.38. The van der Waals surface area contributed by atoms with Crippen molar-refractivity contribution in [2.24, 2.45) is 0 Å². The van der Waals surface area contributed by atoms with E-state index in [1.165, 1.54) is 19.8 Å². The van der Waals surface area contributed by atoms with Crippen LogP contribution in [-0.4, -0.2) is 14.2 Å². The molecule has 2 aromatic rings. The SMILES string of the molecule is CNC(Cc1ccccc1OC)c1cc(Br)c(C)s1. The minimum absolute atomic E-state index is 0.311. The normalized spacial score (nSPS) is 12.4. The van der Waals surface area contributed by atoms with Crippen molar-refractivity contribution in [3.8, 4) is 5.75 Å². The van der Waals surface area contributed by atoms with Crippen LogP contribution in [0.1, 0.15) is 21.4 Å². The molecule has 0 aliphatic rings. The van der Waals surface area contributed by atoms with Crippen molar-refractivity contribution in [3.05, 3.63) is 50.1 Å². The Bertz CT molecular complexity index is 533. The Morgan fingerprint density at radius 3 is 2.68 bits per heavy atom. The monoisotopic (exact) mass is 339 g/mol. The van der Waals surface area contributed by atoms with E-state index in [1.807, 2.05) is 30.5 Å². The summed E-state index contributed by atoms with van der Waals surface area (Å²) in [6.45, 7) is 2.13. The van der Waals surface area contributed by atoms with Gasteiger partial charge in [0.2, 0.25) is 0 Å². The summed E-state index contributed by atoms with van der Waals surface area (Å²) in [5, 5.41) is 3.39. The number of nitrogens with one attached hydrogen (secondary N) is 1. The van der Waals surface area contributed by atoms with E-state index in [-0.39, 0.29) is 0 Å². The molecule has 4 heteroatoms. The fourth-order valence-corrected chi connectivity index (χ4v) is 3.76. The van der Waals surface area contributed by atoms with E-state index in [9.17, 15) is 0 Å². The van der Waals surface area contributed by atoms with Gasteiger partial charge in [-0.15, -0.1) is 11.3 Å². The van der Waals surface area contributed by atoms with Gasteiger partial charge >= 0.3 is 0 Å². The number of ether oxygens (including phenoxy) is 1. The molecule has 0 saturated heterocycles. The summed E-state index contributed by atoms with van der Waals surface area (Å²) in [6.07, 6.45) is 0.924. The van der Waals surface area contributed by atoms with E-state index in [4.69, 9.17) is 4.74 Å². The highest BCUT2D eigenvalue weighted by molar-refractivity contribution is 9.10. The van der Waals surface area contributed by atoms with Crippen molar-refractivity contribution in [2.45, 2.75) is 19.4 Å². The summed E-state index contributed by atoms with van der Waals surface area (Å²) in [6, 6.07) is 10.7. The Morgan fingerprint density at radius 1 is 1.37 bits per heavy atom. The number of thiophene rings is 1. The van der Waals surface area contributed by atoms with Crippen molar-refractivity contribution in [1.29, 1.82) is 0 Å². The van der Waals surface area contributed by atoms with Gasteiger partial charge in [0.05, 0.1) is 7.11 Å². The summed E-state index contributed by atoms with van der Waals surface area (Å²) in [5.41, 5.74) is 1.23. The molecule has 19 heavy (non-hydrogen) atoms. The molecule has 2 nitrogen and oxygen atoms in total. The van der Waals surface area contributed by atoms with Gasteiger partial charge in [-0.25, -0.2) is 0 Å². The molecule has 1 aromatic heterocycles. The predicted molar refractivity (Wildman–Crippen MR) is 85.3 cm³/mol. The first-order valence-electron chi connectivity index (χ1n) is 6.20. The highest BCUT2D eigenvalue weighted by Gasteiger charge is 2.16. The largest absolute Gasteiger partial charge is 0.496 e. The number of halogens is 1. The minimum atomic E-state index is 0.311. The number of methoxy groups -OCH3 is 1. The molecule has 0 bridgehead atoms. The average Bonchev–Trinajstić information content (AvgIpc) is 2.76. The van der Waals surface area contributed by atoms with Crippen LogP contribution in [0, 0.1) is 6.92 Å². The molecular weight excluding hydrogens is 322 g/mol. The van der Waals surface area contributed by atoms with E-state index in [2.05, 4.69) is 46.4 Å². The zero-order valence-corrected chi connectivity index (χ0v) is 13.8. The molecule has 0 saturated carbocycles. The predicted octanol–water partition coefficient (Wildman–Crippen LogP) is 4.33. The van der Waals surface area contributed by atoms with Gasteiger partial charge in [-0.05, 0) is 54.0 Å². The number of hydrogen-bond donors (Lipinski definition) is 1. The van der Waals surface area contributed by atoms with Crippen molar-refractivity contribution >= 4 is 27.3 Å². The van der Waals surface area contributed by atoms with Crippen LogP contribution in [0.2, 0.25) is 0 Å². The molecule has 0 radical (unpaired) electrons. The van der Waals surface area contributed by atoms with Crippen LogP contribution in [0.25, 0.3) is 0 Å². The lowest BCUT2D eigenvalue weighted by Gasteiger charge is -2.16. The number of para-hydroxylation sites is 1. The molecule has 1 heterocycles. The Labute approximate surface area is 126 Å². The van der Waals surface area contributed by atoms with Crippen molar-refractivity contribution in [1.82, 2.24) is 5.32 Å². The number of likely N-dealkylation sites (N-methyl/N-ethyl adjacent to an activating group) is 1.